The fourth-order valence-electron chi connectivity index (χ4n) is 2.37. The van der Waals surface area contributed by atoms with Crippen LogP contribution in [0.15, 0.2) is 56.3 Å². The number of hydrogen-bond acceptors (Lipinski definition) is 7. The first-order valence-corrected chi connectivity index (χ1v) is 8.13. The zero-order chi connectivity index (χ0) is 19.2. The van der Waals surface area contributed by atoms with Gasteiger partial charge in [0, 0.05) is 17.5 Å². The summed E-state index contributed by atoms with van der Waals surface area (Å²) in [4.78, 5) is 34.8. The topological polar surface area (TPSA) is 108 Å². The number of ether oxygens (including phenoxy) is 2. The smallest absolute Gasteiger partial charge is 0.344 e. The summed E-state index contributed by atoms with van der Waals surface area (Å²) < 4.78 is 20.4. The van der Waals surface area contributed by atoms with Gasteiger partial charge in [0.25, 0.3) is 5.91 Å². The first-order chi connectivity index (χ1) is 13.0. The number of carbonyl (C=O) groups excluding carboxylic acids is 2. The Hall–Kier alpha value is -3.55. The number of aryl methyl sites for hydroxylation is 1. The molecule has 0 unspecified atom stereocenters. The van der Waals surface area contributed by atoms with Crippen molar-refractivity contribution in [1.82, 2.24) is 5.32 Å². The molecule has 1 N–H and O–H groups in total. The van der Waals surface area contributed by atoms with E-state index in [1.807, 2.05) is 0 Å². The van der Waals surface area contributed by atoms with Crippen LogP contribution in [0.3, 0.4) is 0 Å². The Balaban J connectivity index is 1.46. The number of amides is 1. The van der Waals surface area contributed by atoms with E-state index in [2.05, 4.69) is 5.32 Å². The number of hydrogen-bond donors (Lipinski definition) is 1. The minimum absolute atomic E-state index is 0.210. The molecule has 0 fully saturated rings. The van der Waals surface area contributed by atoms with E-state index in [1.54, 1.807) is 31.2 Å². The van der Waals surface area contributed by atoms with Gasteiger partial charge in [-0.2, -0.15) is 0 Å². The van der Waals surface area contributed by atoms with Gasteiger partial charge in [-0.05, 0) is 36.8 Å². The Labute approximate surface area is 153 Å². The highest BCUT2D eigenvalue weighted by Crippen LogP contribution is 2.22. The van der Waals surface area contributed by atoms with Gasteiger partial charge in [-0.15, -0.1) is 0 Å². The van der Waals surface area contributed by atoms with Crippen LogP contribution in [0.5, 0.6) is 5.75 Å². The predicted octanol–water partition coefficient (Wildman–Crippen LogP) is 1.93. The van der Waals surface area contributed by atoms with Crippen LogP contribution in [0.25, 0.3) is 11.0 Å². The van der Waals surface area contributed by atoms with Crippen molar-refractivity contribution in [2.45, 2.75) is 13.5 Å². The second kappa shape index (κ2) is 8.22. The highest BCUT2D eigenvalue weighted by molar-refractivity contribution is 5.82. The fraction of sp³-hybridized carbons (Fsp3) is 0.211. The van der Waals surface area contributed by atoms with Gasteiger partial charge in [0.05, 0.1) is 12.8 Å². The summed E-state index contributed by atoms with van der Waals surface area (Å²) in [6, 6.07) is 9.73. The third-order valence-corrected chi connectivity index (χ3v) is 3.68. The molecule has 8 heteroatoms. The molecule has 27 heavy (non-hydrogen) atoms. The second-order valence-electron chi connectivity index (χ2n) is 5.71. The number of nitrogens with one attached hydrogen (secondary N) is 1. The van der Waals surface area contributed by atoms with Gasteiger partial charge < -0.3 is 23.6 Å². The Morgan fingerprint density at radius 3 is 2.78 bits per heavy atom. The molecule has 3 aromatic rings. The van der Waals surface area contributed by atoms with E-state index in [0.717, 1.165) is 10.9 Å². The van der Waals surface area contributed by atoms with Crippen LogP contribution < -0.4 is 15.7 Å². The largest absolute Gasteiger partial charge is 0.482 e. The molecule has 2 aromatic heterocycles. The Bertz CT molecular complexity index is 1000. The molecule has 0 aliphatic heterocycles. The van der Waals surface area contributed by atoms with Crippen LogP contribution >= 0.6 is 0 Å². The van der Waals surface area contributed by atoms with E-state index in [-0.39, 0.29) is 13.2 Å². The Kier molecular flexibility index (Phi) is 5.55. The molecule has 0 saturated heterocycles. The lowest BCUT2D eigenvalue weighted by Crippen LogP contribution is -2.29. The van der Waals surface area contributed by atoms with Crippen LogP contribution in [-0.4, -0.2) is 25.1 Å². The van der Waals surface area contributed by atoms with Crippen molar-refractivity contribution in [3.63, 3.8) is 0 Å². The SMILES string of the molecule is Cc1cc(=O)oc2cc(OCC(=O)OCC(=O)NCc3ccco3)ccc12. The van der Waals surface area contributed by atoms with Crippen molar-refractivity contribution >= 4 is 22.8 Å². The quantitative estimate of drug-likeness (QED) is 0.499. The van der Waals surface area contributed by atoms with Gasteiger partial charge in [-0.1, -0.05) is 0 Å². The first-order valence-electron chi connectivity index (χ1n) is 8.13. The van der Waals surface area contributed by atoms with Crippen LogP contribution in [0.4, 0.5) is 0 Å². The van der Waals surface area contributed by atoms with Gasteiger partial charge in [-0.25, -0.2) is 9.59 Å². The molecule has 140 valence electrons. The lowest BCUT2D eigenvalue weighted by atomic mass is 10.1. The van der Waals surface area contributed by atoms with Crippen LogP contribution in [0.1, 0.15) is 11.3 Å². The molecule has 0 saturated carbocycles. The fourth-order valence-corrected chi connectivity index (χ4v) is 2.37. The Morgan fingerprint density at radius 2 is 2.00 bits per heavy atom. The maximum atomic E-state index is 11.7. The van der Waals surface area contributed by atoms with E-state index in [0.29, 0.717) is 17.1 Å². The summed E-state index contributed by atoms with van der Waals surface area (Å²) in [7, 11) is 0. The minimum Gasteiger partial charge on any atom is -0.482 e. The molecule has 3 rings (SSSR count). The van der Waals surface area contributed by atoms with E-state index >= 15 is 0 Å². The van der Waals surface area contributed by atoms with Crippen molar-refractivity contribution in [2.75, 3.05) is 13.2 Å². The second-order valence-corrected chi connectivity index (χ2v) is 5.71. The third-order valence-electron chi connectivity index (χ3n) is 3.68. The minimum atomic E-state index is -0.700. The monoisotopic (exact) mass is 371 g/mol. The van der Waals surface area contributed by atoms with E-state index < -0.39 is 24.1 Å². The number of furan rings is 1. The molecule has 0 aliphatic rings. The molecule has 0 aliphatic carbocycles. The molecule has 1 amide bonds. The normalized spacial score (nSPS) is 10.6. The summed E-state index contributed by atoms with van der Waals surface area (Å²) in [5, 5.41) is 3.33. The van der Waals surface area contributed by atoms with Crippen molar-refractivity contribution in [2.24, 2.45) is 0 Å². The molecular weight excluding hydrogens is 354 g/mol. The molecule has 8 nitrogen and oxygen atoms in total. The summed E-state index contributed by atoms with van der Waals surface area (Å²) in [6.07, 6.45) is 1.50. The van der Waals surface area contributed by atoms with Gasteiger partial charge in [0.2, 0.25) is 0 Å². The molecule has 0 atom stereocenters. The summed E-state index contributed by atoms with van der Waals surface area (Å²) in [5.74, 6) is -0.219. The van der Waals surface area contributed by atoms with Crippen LogP contribution in [0.2, 0.25) is 0 Å². The van der Waals surface area contributed by atoms with Crippen molar-refractivity contribution in [3.05, 3.63) is 64.4 Å². The predicted molar refractivity (Wildman–Crippen MR) is 94.2 cm³/mol. The van der Waals surface area contributed by atoms with Gasteiger partial charge >= 0.3 is 11.6 Å². The number of carbonyl (C=O) groups is 2. The molecular formula is C19H17NO7. The van der Waals surface area contributed by atoms with Crippen molar-refractivity contribution < 1.29 is 27.9 Å². The van der Waals surface area contributed by atoms with Gasteiger partial charge in [0.15, 0.2) is 13.2 Å². The van der Waals surface area contributed by atoms with Crippen molar-refractivity contribution in [3.8, 4) is 5.75 Å². The average molecular weight is 371 g/mol. The molecule has 0 radical (unpaired) electrons. The average Bonchev–Trinajstić information content (AvgIpc) is 3.16. The highest BCUT2D eigenvalue weighted by atomic mass is 16.6. The van der Waals surface area contributed by atoms with Gasteiger partial charge in [0.1, 0.15) is 17.1 Å². The highest BCUT2D eigenvalue weighted by Gasteiger charge is 2.10. The number of fused-ring (bicyclic) bond motifs is 1. The first kappa shape index (κ1) is 18.2. The maximum absolute atomic E-state index is 11.7. The summed E-state index contributed by atoms with van der Waals surface area (Å²) >= 11 is 0. The number of benzene rings is 1. The lowest BCUT2D eigenvalue weighted by Gasteiger charge is -2.08. The van der Waals surface area contributed by atoms with Gasteiger partial charge in [-0.3, -0.25) is 4.79 Å². The molecule has 0 bridgehead atoms. The Morgan fingerprint density at radius 1 is 1.15 bits per heavy atom. The third kappa shape index (κ3) is 4.97. The van der Waals surface area contributed by atoms with E-state index in [4.69, 9.17) is 18.3 Å². The number of esters is 1. The van der Waals surface area contributed by atoms with Crippen molar-refractivity contribution in [1.29, 1.82) is 0 Å². The number of rotatable bonds is 7. The molecule has 1 aromatic carbocycles. The van der Waals surface area contributed by atoms with E-state index in [9.17, 15) is 14.4 Å². The molecule has 0 spiro atoms. The maximum Gasteiger partial charge on any atom is 0.344 e. The summed E-state index contributed by atoms with van der Waals surface area (Å²) in [6.45, 7) is 1.21. The van der Waals surface area contributed by atoms with E-state index in [1.165, 1.54) is 18.4 Å². The lowest BCUT2D eigenvalue weighted by molar-refractivity contribution is -0.150. The van der Waals surface area contributed by atoms with Crippen LogP contribution in [-0.2, 0) is 20.9 Å². The zero-order valence-corrected chi connectivity index (χ0v) is 14.5. The zero-order valence-electron chi connectivity index (χ0n) is 14.5. The molecule has 2 heterocycles. The summed E-state index contributed by atoms with van der Waals surface area (Å²) in [5.41, 5.74) is 0.688. The standard InChI is InChI=1S/C19H17NO7/c1-12-7-18(22)27-16-8-13(4-5-15(12)16)25-11-19(23)26-10-17(21)20-9-14-3-2-6-24-14/h2-8H,9-11H2,1H3,(H,20,21). The van der Waals surface area contributed by atoms with Crippen LogP contribution in [0, 0.1) is 6.92 Å².